The van der Waals surface area contributed by atoms with E-state index >= 15 is 0 Å². The van der Waals surface area contributed by atoms with Crippen LogP contribution in [0.2, 0.25) is 5.02 Å². The number of nitrogens with zero attached hydrogens (tertiary/aromatic N) is 2. The van der Waals surface area contributed by atoms with E-state index in [1.165, 1.54) is 17.0 Å². The van der Waals surface area contributed by atoms with Gasteiger partial charge in [-0.15, -0.1) is 0 Å². The second kappa shape index (κ2) is 16.2. The van der Waals surface area contributed by atoms with Crippen molar-refractivity contribution in [3.8, 4) is 0 Å². The maximum absolute atomic E-state index is 14.8. The van der Waals surface area contributed by atoms with Gasteiger partial charge >= 0.3 is 0 Å². The highest BCUT2D eigenvalue weighted by molar-refractivity contribution is 9.10. The van der Waals surface area contributed by atoms with Gasteiger partial charge in [-0.3, -0.25) is 13.9 Å². The second-order valence-electron chi connectivity index (χ2n) is 12.5. The number of benzene rings is 4. The number of nitrogens with one attached hydrogen (secondary N) is 1. The summed E-state index contributed by atoms with van der Waals surface area (Å²) >= 11 is 9.88. The van der Waals surface area contributed by atoms with Crippen LogP contribution < -0.4 is 9.62 Å². The van der Waals surface area contributed by atoms with Gasteiger partial charge in [-0.25, -0.2) is 8.42 Å². The van der Waals surface area contributed by atoms with Gasteiger partial charge in [0.05, 0.1) is 10.6 Å². The number of amides is 2. The van der Waals surface area contributed by atoms with Gasteiger partial charge in [0.2, 0.25) is 11.8 Å². The fourth-order valence-electron chi connectivity index (χ4n) is 6.09. The Morgan fingerprint density at radius 3 is 2.21 bits per heavy atom. The van der Waals surface area contributed by atoms with Crippen molar-refractivity contribution in [2.45, 2.75) is 75.9 Å². The van der Waals surface area contributed by atoms with E-state index in [-0.39, 0.29) is 29.8 Å². The van der Waals surface area contributed by atoms with Crippen LogP contribution in [0.25, 0.3) is 0 Å². The van der Waals surface area contributed by atoms with Crippen molar-refractivity contribution in [2.75, 3.05) is 10.8 Å². The Morgan fingerprint density at radius 2 is 1.54 bits per heavy atom. The van der Waals surface area contributed by atoms with Crippen LogP contribution >= 0.6 is 27.5 Å². The summed E-state index contributed by atoms with van der Waals surface area (Å²) in [7, 11) is -4.22. The third-order valence-corrected chi connectivity index (χ3v) is 11.4. The number of sulfonamides is 1. The lowest BCUT2D eigenvalue weighted by atomic mass is 9.94. The van der Waals surface area contributed by atoms with E-state index in [0.717, 1.165) is 57.6 Å². The number of anilines is 1. The molecule has 2 amide bonds. The van der Waals surface area contributed by atoms with Gasteiger partial charge in [0.15, 0.2) is 0 Å². The largest absolute Gasteiger partial charge is 0.352 e. The number of carbonyl (C=O) groups is 2. The minimum Gasteiger partial charge on any atom is -0.352 e. The Kier molecular flexibility index (Phi) is 12.0. The predicted octanol–water partition coefficient (Wildman–Crippen LogP) is 8.00. The maximum atomic E-state index is 14.8. The van der Waals surface area contributed by atoms with E-state index in [4.69, 9.17) is 11.6 Å². The van der Waals surface area contributed by atoms with Crippen molar-refractivity contribution >= 4 is 55.1 Å². The molecule has 0 spiro atoms. The van der Waals surface area contributed by atoms with Crippen LogP contribution in [0, 0.1) is 13.8 Å². The summed E-state index contributed by atoms with van der Waals surface area (Å²) in [5, 5.41) is 3.58. The number of aryl methyl sites for hydroxylation is 2. The van der Waals surface area contributed by atoms with Gasteiger partial charge in [-0.2, -0.15) is 0 Å². The molecule has 5 rings (SSSR count). The molecule has 7 nitrogen and oxygen atoms in total. The normalized spacial score (nSPS) is 14.2. The average molecular weight is 751 g/mol. The molecule has 1 aliphatic carbocycles. The number of halogens is 2. The third kappa shape index (κ3) is 9.07. The molecule has 0 bridgehead atoms. The Bertz CT molecular complexity index is 1810. The highest BCUT2D eigenvalue weighted by Crippen LogP contribution is 2.30. The molecule has 0 aliphatic heterocycles. The lowest BCUT2D eigenvalue weighted by Gasteiger charge is -2.35. The smallest absolute Gasteiger partial charge is 0.264 e. The quantitative estimate of drug-likeness (QED) is 0.159. The van der Waals surface area contributed by atoms with Gasteiger partial charge in [-0.1, -0.05) is 113 Å². The zero-order valence-electron chi connectivity index (χ0n) is 27.2. The molecule has 0 heterocycles. The van der Waals surface area contributed by atoms with E-state index in [2.05, 4.69) is 21.2 Å². The molecule has 1 N–H and O–H groups in total. The number of hydrogen-bond acceptors (Lipinski definition) is 4. The van der Waals surface area contributed by atoms with Crippen molar-refractivity contribution in [2.24, 2.45) is 0 Å². The van der Waals surface area contributed by atoms with Crippen LogP contribution in [0.5, 0.6) is 0 Å². The minimum atomic E-state index is -4.22. The first-order valence-corrected chi connectivity index (χ1v) is 18.9. The molecule has 48 heavy (non-hydrogen) atoms. The van der Waals surface area contributed by atoms with E-state index in [1.807, 2.05) is 61.5 Å². The zero-order valence-corrected chi connectivity index (χ0v) is 30.4. The summed E-state index contributed by atoms with van der Waals surface area (Å²) in [5.74, 6) is -0.754. The Morgan fingerprint density at radius 1 is 0.875 bits per heavy atom. The van der Waals surface area contributed by atoms with Crippen molar-refractivity contribution in [3.63, 3.8) is 0 Å². The summed E-state index contributed by atoms with van der Waals surface area (Å²) < 4.78 is 30.7. The lowest BCUT2D eigenvalue weighted by molar-refractivity contribution is -0.140. The highest BCUT2D eigenvalue weighted by Gasteiger charge is 2.36. The van der Waals surface area contributed by atoms with Crippen LogP contribution in [0.1, 0.15) is 54.4 Å². The van der Waals surface area contributed by atoms with Crippen LogP contribution in [0.15, 0.2) is 106 Å². The highest BCUT2D eigenvalue weighted by atomic mass is 79.9. The molecule has 1 aliphatic rings. The van der Waals surface area contributed by atoms with E-state index in [1.54, 1.807) is 37.3 Å². The molecule has 10 heteroatoms. The van der Waals surface area contributed by atoms with Gasteiger partial charge in [0, 0.05) is 28.5 Å². The fourth-order valence-corrected chi connectivity index (χ4v) is 7.99. The monoisotopic (exact) mass is 749 g/mol. The molecule has 0 radical (unpaired) electrons. The molecule has 0 unspecified atom stereocenters. The van der Waals surface area contributed by atoms with Gasteiger partial charge in [0.1, 0.15) is 12.6 Å². The Labute approximate surface area is 297 Å². The van der Waals surface area contributed by atoms with E-state index in [0.29, 0.717) is 16.3 Å². The summed E-state index contributed by atoms with van der Waals surface area (Å²) in [6, 6.07) is 27.8. The van der Waals surface area contributed by atoms with Crippen LogP contribution in [-0.4, -0.2) is 43.8 Å². The van der Waals surface area contributed by atoms with Gasteiger partial charge in [0.25, 0.3) is 10.0 Å². The summed E-state index contributed by atoms with van der Waals surface area (Å²) in [6.07, 6.45) is 5.27. The van der Waals surface area contributed by atoms with Crippen LogP contribution in [0.3, 0.4) is 0 Å². The summed E-state index contributed by atoms with van der Waals surface area (Å²) in [6.45, 7) is 3.23. The first-order chi connectivity index (χ1) is 23.0. The topological polar surface area (TPSA) is 86.8 Å². The SMILES string of the molecule is Cc1ccc(S(=O)(=O)N(CC(=O)N(Cc2ccc(Br)cc2)[C@@H](Cc2ccccc2)C(=O)NC2CCCCC2)c2cc(Cl)ccc2C)cc1. The first kappa shape index (κ1) is 35.6. The van der Waals surface area contributed by atoms with Crippen LogP contribution in [-0.2, 0) is 32.6 Å². The molecule has 0 aromatic heterocycles. The van der Waals surface area contributed by atoms with Crippen molar-refractivity contribution in [1.29, 1.82) is 0 Å². The van der Waals surface area contributed by atoms with Gasteiger partial charge in [-0.05, 0) is 79.8 Å². The number of hydrogen-bond donors (Lipinski definition) is 1. The molecular formula is C38H41BrClN3O4S. The standard InChI is InChI=1S/C38H41BrClN3O4S/c1-27-13-21-34(22-14-27)48(46,47)43(35-24-32(40)20-15-28(35)2)26-37(44)42(25-30-16-18-31(39)19-17-30)36(23-29-9-5-3-6-10-29)38(45)41-33-11-7-4-8-12-33/h3,5-6,9-10,13-22,24,33,36H,4,7-8,11-12,23,25-26H2,1-2H3,(H,41,45)/t36-/m0/s1. The predicted molar refractivity (Wildman–Crippen MR) is 196 cm³/mol. The molecule has 1 saturated carbocycles. The molecule has 252 valence electrons. The van der Waals surface area contributed by atoms with Crippen molar-refractivity contribution < 1.29 is 18.0 Å². The Balaban J connectivity index is 1.58. The minimum absolute atomic E-state index is 0.0293. The molecule has 4 aromatic rings. The second-order valence-corrected chi connectivity index (χ2v) is 15.7. The van der Waals surface area contributed by atoms with Crippen molar-refractivity contribution in [3.05, 3.63) is 129 Å². The fraction of sp³-hybridized carbons (Fsp3) is 0.316. The first-order valence-electron chi connectivity index (χ1n) is 16.2. The summed E-state index contributed by atoms with van der Waals surface area (Å²) in [5.41, 5.74) is 3.54. The summed E-state index contributed by atoms with van der Waals surface area (Å²) in [4.78, 5) is 30.6. The van der Waals surface area contributed by atoms with E-state index in [9.17, 15) is 18.0 Å². The number of carbonyl (C=O) groups excluding carboxylic acids is 2. The molecule has 1 atom stereocenters. The van der Waals surface area contributed by atoms with Crippen molar-refractivity contribution in [1.82, 2.24) is 10.2 Å². The third-order valence-electron chi connectivity index (χ3n) is 8.82. The Hall–Kier alpha value is -3.66. The molecule has 1 fully saturated rings. The number of rotatable bonds is 12. The lowest BCUT2D eigenvalue weighted by Crippen LogP contribution is -2.55. The average Bonchev–Trinajstić information content (AvgIpc) is 3.08. The zero-order chi connectivity index (χ0) is 34.3. The molecular weight excluding hydrogens is 710 g/mol. The van der Waals surface area contributed by atoms with Crippen LogP contribution in [0.4, 0.5) is 5.69 Å². The maximum Gasteiger partial charge on any atom is 0.264 e. The van der Waals surface area contributed by atoms with E-state index < -0.39 is 28.5 Å². The molecule has 0 saturated heterocycles. The molecule has 4 aromatic carbocycles. The van der Waals surface area contributed by atoms with Gasteiger partial charge < -0.3 is 10.2 Å².